The Labute approximate surface area is 68.8 Å². The van der Waals surface area contributed by atoms with Gasteiger partial charge in [-0.15, -0.1) is 0 Å². The van der Waals surface area contributed by atoms with Crippen LogP contribution in [-0.2, 0) is 0 Å². The second-order valence-electron chi connectivity index (χ2n) is 2.20. The molecule has 0 spiro atoms. The zero-order chi connectivity index (χ0) is 7.52. The summed E-state index contributed by atoms with van der Waals surface area (Å²) in [6.07, 6.45) is 5.81. The van der Waals surface area contributed by atoms with E-state index in [0.29, 0.717) is 0 Å². The maximum absolute atomic E-state index is 4.26. The number of nitrogens with zero attached hydrogens (tertiary/aromatic N) is 1. The summed E-state index contributed by atoms with van der Waals surface area (Å²) in [7, 11) is -0.337. The lowest BCUT2D eigenvalue weighted by atomic mass is 10.5. The maximum Gasteiger partial charge on any atom is 0.0839 e. The van der Waals surface area contributed by atoms with E-state index >= 15 is 0 Å². The number of thiol groups is 1. The van der Waals surface area contributed by atoms with E-state index in [1.165, 1.54) is 0 Å². The summed E-state index contributed by atoms with van der Waals surface area (Å²) in [5.74, 6) is 0. The van der Waals surface area contributed by atoms with Crippen molar-refractivity contribution in [2.75, 3.05) is 0 Å². The highest BCUT2D eigenvalue weighted by molar-refractivity contribution is 8.21. The first-order valence-corrected chi connectivity index (χ1v) is 4.84. The van der Waals surface area contributed by atoms with Gasteiger partial charge in [0.25, 0.3) is 0 Å². The van der Waals surface area contributed by atoms with E-state index in [9.17, 15) is 0 Å². The predicted octanol–water partition coefficient (Wildman–Crippen LogP) is 2.29. The van der Waals surface area contributed by atoms with Crippen molar-refractivity contribution >= 4 is 10.9 Å². The number of rotatable bonds is 1. The van der Waals surface area contributed by atoms with Crippen LogP contribution in [0.1, 0.15) is 0 Å². The minimum absolute atomic E-state index is 0.337. The number of pyridine rings is 1. The van der Waals surface area contributed by atoms with Crippen molar-refractivity contribution in [1.29, 1.82) is 0 Å². The molecule has 1 unspecified atom stereocenters. The summed E-state index contributed by atoms with van der Waals surface area (Å²) in [5.41, 5.74) is 0. The summed E-state index contributed by atoms with van der Waals surface area (Å²) < 4.78 is 0. The van der Waals surface area contributed by atoms with Crippen LogP contribution in [0.5, 0.6) is 0 Å². The molecule has 0 N–H and O–H groups in total. The fraction of sp³-hybridized carbons (Fsp3) is 0. The summed E-state index contributed by atoms with van der Waals surface area (Å²) in [6, 6.07) is 5.99. The molecule has 1 aliphatic rings. The SMILES string of the molecule is [C]1=CC=C[SH]1c1ccccn1. The monoisotopic (exact) mass is 162 g/mol. The quantitative estimate of drug-likeness (QED) is 0.625. The van der Waals surface area contributed by atoms with Gasteiger partial charge < -0.3 is 0 Å². The summed E-state index contributed by atoms with van der Waals surface area (Å²) in [6.45, 7) is 0. The Balaban J connectivity index is 2.30. The van der Waals surface area contributed by atoms with E-state index in [0.717, 1.165) is 5.03 Å². The highest BCUT2D eigenvalue weighted by Gasteiger charge is 2.02. The maximum atomic E-state index is 4.26. The third kappa shape index (κ3) is 1.35. The van der Waals surface area contributed by atoms with Crippen molar-refractivity contribution in [3.63, 3.8) is 0 Å². The van der Waals surface area contributed by atoms with E-state index in [-0.39, 0.29) is 10.9 Å². The Hall–Kier alpha value is -1.02. The first-order chi connectivity index (χ1) is 5.47. The van der Waals surface area contributed by atoms with Crippen LogP contribution in [0.25, 0.3) is 0 Å². The molecule has 1 aliphatic heterocycles. The molecule has 0 bridgehead atoms. The van der Waals surface area contributed by atoms with Crippen molar-refractivity contribution in [1.82, 2.24) is 4.98 Å². The highest BCUT2D eigenvalue weighted by atomic mass is 32.2. The van der Waals surface area contributed by atoms with Gasteiger partial charge in [0.15, 0.2) is 0 Å². The third-order valence-electron chi connectivity index (χ3n) is 1.44. The lowest BCUT2D eigenvalue weighted by molar-refractivity contribution is 1.14. The second kappa shape index (κ2) is 2.93. The molecular weight excluding hydrogens is 154 g/mol. The molecular formula is C9H8NS. The Morgan fingerprint density at radius 3 is 3.00 bits per heavy atom. The minimum atomic E-state index is -0.337. The van der Waals surface area contributed by atoms with Gasteiger partial charge in [-0.2, -0.15) is 10.9 Å². The molecule has 0 aromatic carbocycles. The molecule has 1 aromatic rings. The molecule has 2 heterocycles. The van der Waals surface area contributed by atoms with E-state index in [1.807, 2.05) is 36.5 Å². The highest BCUT2D eigenvalue weighted by Crippen LogP contribution is 2.38. The average molecular weight is 162 g/mol. The molecule has 0 saturated carbocycles. The van der Waals surface area contributed by atoms with Gasteiger partial charge >= 0.3 is 0 Å². The molecule has 11 heavy (non-hydrogen) atoms. The Morgan fingerprint density at radius 2 is 2.36 bits per heavy atom. The first-order valence-electron chi connectivity index (χ1n) is 3.43. The van der Waals surface area contributed by atoms with Gasteiger partial charge in [0.05, 0.1) is 5.03 Å². The second-order valence-corrected chi connectivity index (χ2v) is 3.95. The summed E-state index contributed by atoms with van der Waals surface area (Å²) in [5, 5.41) is 6.52. The number of allylic oxidation sites excluding steroid dienone is 2. The minimum Gasteiger partial charge on any atom is -0.251 e. The molecule has 1 atom stereocenters. The lowest BCUT2D eigenvalue weighted by Gasteiger charge is -2.06. The van der Waals surface area contributed by atoms with Crippen LogP contribution in [0.15, 0.2) is 47.0 Å². The summed E-state index contributed by atoms with van der Waals surface area (Å²) >= 11 is 0. The molecule has 0 saturated heterocycles. The molecule has 2 heteroatoms. The van der Waals surface area contributed by atoms with Crippen LogP contribution in [0, 0.1) is 5.41 Å². The average Bonchev–Trinajstić information content (AvgIpc) is 2.58. The fourth-order valence-electron chi connectivity index (χ4n) is 0.934. The van der Waals surface area contributed by atoms with E-state index < -0.39 is 0 Å². The molecule has 1 nitrogen and oxygen atoms in total. The number of aromatic nitrogens is 1. The van der Waals surface area contributed by atoms with E-state index in [1.54, 1.807) is 0 Å². The van der Waals surface area contributed by atoms with E-state index in [2.05, 4.69) is 15.8 Å². The smallest absolute Gasteiger partial charge is 0.0839 e. The van der Waals surface area contributed by atoms with Gasteiger partial charge in [-0.1, -0.05) is 12.1 Å². The predicted molar refractivity (Wildman–Crippen MR) is 48.4 cm³/mol. The lowest BCUT2D eigenvalue weighted by Crippen LogP contribution is -1.78. The standard InChI is InChI=1S/C9H8NS/c1-2-6-10-9(5-1)11-7-3-4-8-11/h1-7,11H. The number of hydrogen-bond donors (Lipinski definition) is 1. The molecule has 0 amide bonds. The van der Waals surface area contributed by atoms with Crippen LogP contribution >= 0.6 is 10.9 Å². The molecule has 0 fully saturated rings. The molecule has 55 valence electrons. The van der Waals surface area contributed by atoms with Gasteiger partial charge in [0.2, 0.25) is 0 Å². The molecule has 2 rings (SSSR count). The van der Waals surface area contributed by atoms with Gasteiger partial charge in [-0.05, 0) is 23.6 Å². The Morgan fingerprint density at radius 1 is 1.36 bits per heavy atom. The normalized spacial score (nSPS) is 17.6. The van der Waals surface area contributed by atoms with Crippen LogP contribution in [0.4, 0.5) is 0 Å². The summed E-state index contributed by atoms with van der Waals surface area (Å²) in [4.78, 5) is 4.26. The van der Waals surface area contributed by atoms with Crippen molar-refractivity contribution in [2.45, 2.75) is 5.03 Å². The van der Waals surface area contributed by atoms with Crippen LogP contribution in [0.2, 0.25) is 0 Å². The van der Waals surface area contributed by atoms with Crippen molar-refractivity contribution in [3.8, 4) is 0 Å². The van der Waals surface area contributed by atoms with Crippen molar-refractivity contribution in [2.24, 2.45) is 0 Å². The molecule has 1 aromatic heterocycles. The van der Waals surface area contributed by atoms with Crippen molar-refractivity contribution in [3.05, 3.63) is 47.4 Å². The zero-order valence-electron chi connectivity index (χ0n) is 5.94. The van der Waals surface area contributed by atoms with Gasteiger partial charge in [-0.25, -0.2) is 0 Å². The zero-order valence-corrected chi connectivity index (χ0v) is 6.83. The molecule has 1 radical (unpaired) electrons. The first kappa shape index (κ1) is 6.68. The van der Waals surface area contributed by atoms with Gasteiger partial charge in [-0.3, -0.25) is 4.98 Å². The third-order valence-corrected chi connectivity index (χ3v) is 3.10. The van der Waals surface area contributed by atoms with Crippen LogP contribution in [0.3, 0.4) is 0 Å². The fourth-order valence-corrected chi connectivity index (χ4v) is 2.25. The van der Waals surface area contributed by atoms with Gasteiger partial charge in [0.1, 0.15) is 0 Å². The molecule has 0 aliphatic carbocycles. The van der Waals surface area contributed by atoms with E-state index in [4.69, 9.17) is 0 Å². The van der Waals surface area contributed by atoms with Crippen LogP contribution < -0.4 is 0 Å². The number of hydrogen-bond acceptors (Lipinski definition) is 1. The van der Waals surface area contributed by atoms with Crippen LogP contribution in [-0.4, -0.2) is 4.98 Å². The largest absolute Gasteiger partial charge is 0.251 e. The topological polar surface area (TPSA) is 12.9 Å². The van der Waals surface area contributed by atoms with Crippen molar-refractivity contribution < 1.29 is 0 Å². The Bertz CT molecular complexity index is 278. The Kier molecular flexibility index (Phi) is 1.78. The van der Waals surface area contributed by atoms with Gasteiger partial charge in [0, 0.05) is 11.6 Å².